The van der Waals surface area contributed by atoms with E-state index in [4.69, 9.17) is 0 Å². The van der Waals surface area contributed by atoms with Gasteiger partial charge < -0.3 is 37.2 Å². The molecule has 0 aliphatic carbocycles. The molecule has 26 aromatic rings. The van der Waals surface area contributed by atoms with Crippen LogP contribution in [0.3, 0.4) is 0 Å². The van der Waals surface area contributed by atoms with Gasteiger partial charge in [0.05, 0.1) is 66.2 Å². The third-order valence-electron chi connectivity index (χ3n) is 25.6. The van der Waals surface area contributed by atoms with Gasteiger partial charge in [-0.15, -0.1) is 0 Å². The molecule has 8 heteroatoms. The third-order valence-corrected chi connectivity index (χ3v) is 25.6. The first-order valence-corrected chi connectivity index (χ1v) is 41.5. The maximum Gasteiger partial charge on any atom is 0.0620 e. The van der Waals surface area contributed by atoms with E-state index < -0.39 is 0 Å². The maximum absolute atomic E-state index is 2.53. The molecule has 0 fully saturated rings. The molecular weight excluding hydrogens is 1460 g/mol. The Bertz CT molecular complexity index is 8070. The van der Waals surface area contributed by atoms with Crippen molar-refractivity contribution in [3.05, 3.63) is 411 Å². The highest BCUT2D eigenvalue weighted by Gasteiger charge is 2.29. The number of nitrogens with zero attached hydrogens (tertiary/aromatic N) is 8. The summed E-state index contributed by atoms with van der Waals surface area (Å²) in [5, 5.41) is 20.4. The number of aryl methyl sites for hydroxylation is 4. The van der Waals surface area contributed by atoms with Gasteiger partial charge in [0, 0.05) is 154 Å². The summed E-state index contributed by atoms with van der Waals surface area (Å²) in [6.07, 6.45) is 0. The lowest BCUT2D eigenvalue weighted by atomic mass is 10.0. The van der Waals surface area contributed by atoms with E-state index in [0.717, 1.165) is 68.2 Å². The molecule has 0 bridgehead atoms. The predicted octanol–water partition coefficient (Wildman–Crippen LogP) is 31.1. The molecular formula is C112H76N8. The Hall–Kier alpha value is -15.6. The van der Waals surface area contributed by atoms with Crippen molar-refractivity contribution in [1.82, 2.24) is 17.6 Å². The second-order valence-electron chi connectivity index (χ2n) is 32.8. The highest BCUT2D eigenvalue weighted by atomic mass is 15.2. The van der Waals surface area contributed by atoms with E-state index in [1.54, 1.807) is 0 Å². The van der Waals surface area contributed by atoms with Crippen LogP contribution in [0.2, 0.25) is 0 Å². The van der Waals surface area contributed by atoms with Crippen LogP contribution >= 0.6 is 0 Å². The first-order valence-electron chi connectivity index (χ1n) is 41.5. The Morgan fingerprint density at radius 2 is 0.325 bits per heavy atom. The lowest BCUT2D eigenvalue weighted by Crippen LogP contribution is -2.10. The summed E-state index contributed by atoms with van der Waals surface area (Å²) in [5.74, 6) is 0. The smallest absolute Gasteiger partial charge is 0.0620 e. The first kappa shape index (κ1) is 67.7. The molecule has 0 unspecified atom stereocenters. The van der Waals surface area contributed by atoms with E-state index in [1.165, 1.54) is 175 Å². The van der Waals surface area contributed by atoms with E-state index >= 15 is 0 Å². The van der Waals surface area contributed by atoms with Gasteiger partial charge >= 0.3 is 0 Å². The zero-order chi connectivity index (χ0) is 79.3. The van der Waals surface area contributed by atoms with Crippen molar-refractivity contribution in [1.29, 1.82) is 0 Å². The third kappa shape index (κ3) is 10.00. The summed E-state index contributed by atoms with van der Waals surface area (Å²) in [6, 6.07) is 143. The normalized spacial score (nSPS) is 12.2. The van der Waals surface area contributed by atoms with Crippen molar-refractivity contribution in [2.24, 2.45) is 0 Å². The molecule has 0 aliphatic heterocycles. The summed E-state index contributed by atoms with van der Waals surface area (Å²) in [5.41, 5.74) is 33.5. The molecule has 120 heavy (non-hydrogen) atoms. The van der Waals surface area contributed by atoms with Crippen molar-refractivity contribution in [3.63, 3.8) is 0 Å². The number of hydrogen-bond donors (Lipinski definition) is 0. The molecule has 26 rings (SSSR count). The van der Waals surface area contributed by atoms with Gasteiger partial charge in [0.2, 0.25) is 0 Å². The molecule has 0 radical (unpaired) electrons. The minimum atomic E-state index is 1.13. The number of fused-ring (bicyclic) bond motifs is 24. The van der Waals surface area contributed by atoms with Crippen LogP contribution in [-0.4, -0.2) is 17.6 Å². The van der Waals surface area contributed by atoms with Crippen molar-refractivity contribution in [2.45, 2.75) is 27.7 Å². The van der Waals surface area contributed by atoms with E-state index in [-0.39, 0.29) is 0 Å². The molecule has 0 atom stereocenters. The van der Waals surface area contributed by atoms with Gasteiger partial charge in [-0.05, 0) is 209 Å². The minimum absolute atomic E-state index is 1.13. The second kappa shape index (κ2) is 25.9. The molecule has 8 heterocycles. The summed E-state index contributed by atoms with van der Waals surface area (Å²) in [6.45, 7) is 8.62. The Balaban J connectivity index is 0.000000133. The van der Waals surface area contributed by atoms with Gasteiger partial charge in [0.1, 0.15) is 0 Å². The largest absolute Gasteiger partial charge is 0.310 e. The van der Waals surface area contributed by atoms with Gasteiger partial charge in [-0.1, -0.05) is 230 Å². The molecule has 0 saturated heterocycles. The number of para-hydroxylation sites is 8. The Kier molecular flexibility index (Phi) is 14.6. The van der Waals surface area contributed by atoms with Gasteiger partial charge in [-0.25, -0.2) is 0 Å². The Morgan fingerprint density at radius 3 is 0.575 bits per heavy atom. The van der Waals surface area contributed by atoms with Crippen molar-refractivity contribution < 1.29 is 0 Å². The molecule has 18 aromatic carbocycles. The lowest BCUT2D eigenvalue weighted by molar-refractivity contribution is 1.27. The lowest BCUT2D eigenvalue weighted by Gasteiger charge is -2.26. The molecule has 564 valence electrons. The molecule has 8 nitrogen and oxygen atoms in total. The summed E-state index contributed by atoms with van der Waals surface area (Å²) in [7, 11) is 0. The van der Waals surface area contributed by atoms with Crippen LogP contribution in [0.15, 0.2) is 388 Å². The van der Waals surface area contributed by atoms with Crippen molar-refractivity contribution in [3.8, 4) is 0 Å². The van der Waals surface area contributed by atoms with Gasteiger partial charge in [0.15, 0.2) is 0 Å². The fourth-order valence-corrected chi connectivity index (χ4v) is 20.4. The minimum Gasteiger partial charge on any atom is -0.310 e. The number of benzene rings is 18. The van der Waals surface area contributed by atoms with E-state index in [2.05, 4.69) is 453 Å². The van der Waals surface area contributed by atoms with E-state index in [9.17, 15) is 0 Å². The van der Waals surface area contributed by atoms with Crippen LogP contribution in [0.5, 0.6) is 0 Å². The monoisotopic (exact) mass is 1530 g/mol. The predicted molar refractivity (Wildman–Crippen MR) is 509 cm³/mol. The highest BCUT2D eigenvalue weighted by Crippen LogP contribution is 2.51. The van der Waals surface area contributed by atoms with Crippen LogP contribution < -0.4 is 19.6 Å². The van der Waals surface area contributed by atoms with Gasteiger partial charge in [0.25, 0.3) is 0 Å². The summed E-state index contributed by atoms with van der Waals surface area (Å²) < 4.78 is 10.1. The standard InChI is InChI=1S/2C56H38N4/c1-35-13-9-19-39(29-35)57(37-15-5-3-6-16-37)41-25-27-43-45-21-11-23-47-49-34-54-50(33-53(49)59(55(45)47)51(43)31-41)48-24-12-22-46-44-28-26-42(32-52(44)60(54)56(46)48)58(38-17-7-4-8-18-38)40-20-10-14-36(2)30-40;1-35-19-23-39(24-20-35)57(37-11-5-3-6-12-37)41-27-29-43-45-15-9-17-47-49-34-54-50(33-53(49)59(55(45)47)51(43)31-41)48-18-10-16-46-44-30-28-42(32-52(44)60(54)56(46)48)58(38-13-7-4-8-14-38)40-25-21-36(2)22-26-40/h2*3-34H,1-2H3. The fourth-order valence-electron chi connectivity index (χ4n) is 20.4. The number of aromatic nitrogens is 4. The zero-order valence-corrected chi connectivity index (χ0v) is 66.5. The van der Waals surface area contributed by atoms with Crippen LogP contribution in [0, 0.1) is 27.7 Å². The molecule has 0 aliphatic rings. The molecule has 8 aromatic heterocycles. The topological polar surface area (TPSA) is 30.6 Å². The maximum atomic E-state index is 2.53. The first-order chi connectivity index (χ1) is 59.2. The average molecular weight is 1530 g/mol. The van der Waals surface area contributed by atoms with Gasteiger partial charge in [-0.2, -0.15) is 0 Å². The molecule has 0 N–H and O–H groups in total. The van der Waals surface area contributed by atoms with Crippen molar-refractivity contribution >= 4 is 221 Å². The number of anilines is 12. The van der Waals surface area contributed by atoms with Crippen LogP contribution in [-0.2, 0) is 0 Å². The average Bonchev–Trinajstić information content (AvgIpc) is 1.52. The second-order valence-corrected chi connectivity index (χ2v) is 32.8. The Morgan fingerprint density at radius 1 is 0.133 bits per heavy atom. The molecule has 0 saturated carbocycles. The van der Waals surface area contributed by atoms with E-state index in [0.29, 0.717) is 0 Å². The number of rotatable bonds is 12. The van der Waals surface area contributed by atoms with Crippen LogP contribution in [0.1, 0.15) is 22.3 Å². The Labute approximate surface area is 691 Å². The SMILES string of the molecule is Cc1ccc(N(c2ccccc2)c2ccc3c4cccc5c6cc7c(cc6n(c3c2)c45)c2cccc3c4ccc(N(c5ccccc5)c5ccc(C)cc5)cc4n7c32)cc1.Cc1cccc(N(c2ccccc2)c2ccc3c4cccc5c6cc7c(cc6n(c3c2)c45)c2cccc3c4ccc(N(c5ccccc5)c5cccc(C)c5)cc4n7c32)c1. The fraction of sp³-hybridized carbons (Fsp3) is 0.0357. The zero-order valence-electron chi connectivity index (χ0n) is 66.5. The highest BCUT2D eigenvalue weighted by molar-refractivity contribution is 6.32. The van der Waals surface area contributed by atoms with Crippen LogP contribution in [0.4, 0.5) is 68.2 Å². The molecule has 0 amide bonds. The number of hydrogen-bond acceptors (Lipinski definition) is 4. The van der Waals surface area contributed by atoms with Crippen LogP contribution in [0.25, 0.3) is 152 Å². The summed E-state index contributed by atoms with van der Waals surface area (Å²) in [4.78, 5) is 9.49. The van der Waals surface area contributed by atoms with E-state index in [1.807, 2.05) is 0 Å². The quantitative estimate of drug-likeness (QED) is 0.122. The van der Waals surface area contributed by atoms with Gasteiger partial charge in [-0.3, -0.25) is 0 Å². The van der Waals surface area contributed by atoms with Crippen molar-refractivity contribution in [2.75, 3.05) is 19.6 Å². The summed E-state index contributed by atoms with van der Waals surface area (Å²) >= 11 is 0. The molecule has 0 spiro atoms.